The number of aromatic nitrogens is 1. The maximum atomic E-state index is 11.9. The molecule has 1 heterocycles. The van der Waals surface area contributed by atoms with Crippen LogP contribution in [0.1, 0.15) is 5.69 Å². The fourth-order valence-corrected chi connectivity index (χ4v) is 2.52. The van der Waals surface area contributed by atoms with E-state index in [9.17, 15) is 4.79 Å². The van der Waals surface area contributed by atoms with Crippen LogP contribution >= 0.6 is 0 Å². The van der Waals surface area contributed by atoms with E-state index in [1.807, 2.05) is 6.07 Å². The monoisotopic (exact) mass is 399 g/mol. The van der Waals surface area contributed by atoms with Gasteiger partial charge in [-0.15, -0.1) is 0 Å². The summed E-state index contributed by atoms with van der Waals surface area (Å²) in [6, 6.07) is 14.0. The zero-order chi connectivity index (χ0) is 20.6. The molecule has 8 nitrogen and oxygen atoms in total. The quantitative estimate of drug-likeness (QED) is 0.505. The van der Waals surface area contributed by atoms with Crippen molar-refractivity contribution in [3.05, 3.63) is 54.2 Å². The molecule has 0 spiro atoms. The molecule has 3 rings (SSSR count). The molecule has 0 amide bonds. The molecule has 29 heavy (non-hydrogen) atoms. The Morgan fingerprint density at radius 1 is 0.897 bits per heavy atom. The molecule has 152 valence electrons. The first-order valence-electron chi connectivity index (χ1n) is 8.73. The Kier molecular flexibility index (Phi) is 6.57. The number of nitrogens with zero attached hydrogens (tertiary/aromatic N) is 1. The Balaban J connectivity index is 1.52. The molecular weight excluding hydrogens is 378 g/mol. The van der Waals surface area contributed by atoms with E-state index in [0.29, 0.717) is 34.5 Å². The molecule has 0 bridgehead atoms. The fraction of sp³-hybridized carbons (Fsp3) is 0.238. The number of ether oxygens (including phenoxy) is 5. The van der Waals surface area contributed by atoms with Gasteiger partial charge >= 0.3 is 5.97 Å². The SMILES string of the molecule is COc1ccc(OCC(=O)OCc2cc(-c3ccc(OC)c(OC)c3)on2)cc1. The lowest BCUT2D eigenvalue weighted by Gasteiger charge is -2.07. The fourth-order valence-electron chi connectivity index (χ4n) is 2.52. The van der Waals surface area contributed by atoms with Gasteiger partial charge in [-0.2, -0.15) is 0 Å². The van der Waals surface area contributed by atoms with Crippen molar-refractivity contribution in [2.45, 2.75) is 6.61 Å². The molecule has 0 aliphatic heterocycles. The van der Waals surface area contributed by atoms with Crippen LogP contribution in [-0.4, -0.2) is 39.1 Å². The number of methoxy groups -OCH3 is 3. The average molecular weight is 399 g/mol. The largest absolute Gasteiger partial charge is 0.497 e. The highest BCUT2D eigenvalue weighted by molar-refractivity contribution is 5.71. The van der Waals surface area contributed by atoms with Crippen molar-refractivity contribution in [3.8, 4) is 34.3 Å². The van der Waals surface area contributed by atoms with Crippen molar-refractivity contribution in [1.29, 1.82) is 0 Å². The van der Waals surface area contributed by atoms with Gasteiger partial charge in [-0.05, 0) is 42.5 Å². The second-order valence-electron chi connectivity index (χ2n) is 5.88. The van der Waals surface area contributed by atoms with Crippen LogP contribution in [0.2, 0.25) is 0 Å². The van der Waals surface area contributed by atoms with Gasteiger partial charge in [0.2, 0.25) is 0 Å². The summed E-state index contributed by atoms with van der Waals surface area (Å²) in [5, 5.41) is 3.92. The van der Waals surface area contributed by atoms with Crippen molar-refractivity contribution in [2.75, 3.05) is 27.9 Å². The number of rotatable bonds is 9. The summed E-state index contributed by atoms with van der Waals surface area (Å²) in [6.07, 6.45) is 0. The van der Waals surface area contributed by atoms with Crippen molar-refractivity contribution < 1.29 is 33.0 Å². The third-order valence-corrected chi connectivity index (χ3v) is 4.02. The van der Waals surface area contributed by atoms with Gasteiger partial charge in [0, 0.05) is 11.6 Å². The molecular formula is C21H21NO7. The van der Waals surface area contributed by atoms with Gasteiger partial charge in [-0.25, -0.2) is 4.79 Å². The Hall–Kier alpha value is -3.68. The molecule has 2 aromatic carbocycles. The molecule has 0 atom stereocenters. The lowest BCUT2D eigenvalue weighted by atomic mass is 10.1. The molecule has 3 aromatic rings. The van der Waals surface area contributed by atoms with Crippen molar-refractivity contribution >= 4 is 5.97 Å². The van der Waals surface area contributed by atoms with Crippen LogP contribution in [0.3, 0.4) is 0 Å². The minimum atomic E-state index is -0.517. The highest BCUT2D eigenvalue weighted by atomic mass is 16.6. The number of hydrogen-bond donors (Lipinski definition) is 0. The van der Waals surface area contributed by atoms with Crippen LogP contribution in [0.25, 0.3) is 11.3 Å². The molecule has 1 aromatic heterocycles. The van der Waals surface area contributed by atoms with E-state index in [4.69, 9.17) is 28.2 Å². The molecule has 0 aliphatic carbocycles. The van der Waals surface area contributed by atoms with E-state index in [1.54, 1.807) is 63.8 Å². The van der Waals surface area contributed by atoms with E-state index in [1.165, 1.54) is 0 Å². The molecule has 0 aliphatic rings. The van der Waals surface area contributed by atoms with Gasteiger partial charge in [0.25, 0.3) is 0 Å². The van der Waals surface area contributed by atoms with E-state index < -0.39 is 5.97 Å². The number of hydrogen-bond acceptors (Lipinski definition) is 8. The molecule has 0 radical (unpaired) electrons. The van der Waals surface area contributed by atoms with Crippen LogP contribution in [0.4, 0.5) is 0 Å². The summed E-state index contributed by atoms with van der Waals surface area (Å²) in [5.74, 6) is 2.44. The summed E-state index contributed by atoms with van der Waals surface area (Å²) in [6.45, 7) is -0.242. The average Bonchev–Trinajstić information content (AvgIpc) is 3.25. The summed E-state index contributed by atoms with van der Waals surface area (Å²) in [7, 11) is 4.70. The van der Waals surface area contributed by atoms with Gasteiger partial charge in [0.1, 0.15) is 23.8 Å². The highest BCUT2D eigenvalue weighted by Crippen LogP contribution is 2.32. The lowest BCUT2D eigenvalue weighted by Crippen LogP contribution is -2.14. The zero-order valence-electron chi connectivity index (χ0n) is 16.3. The maximum absolute atomic E-state index is 11.9. The van der Waals surface area contributed by atoms with E-state index >= 15 is 0 Å². The van der Waals surface area contributed by atoms with Crippen LogP contribution in [-0.2, 0) is 16.1 Å². The summed E-state index contributed by atoms with van der Waals surface area (Å²) in [4.78, 5) is 11.9. The van der Waals surface area contributed by atoms with Gasteiger partial charge < -0.3 is 28.2 Å². The molecule has 0 N–H and O–H groups in total. The number of carbonyl (C=O) groups excluding carboxylic acids is 1. The Labute approximate surface area is 167 Å². The van der Waals surface area contributed by atoms with Crippen molar-refractivity contribution in [1.82, 2.24) is 5.16 Å². The summed E-state index contributed by atoms with van der Waals surface area (Å²) >= 11 is 0. The first-order valence-corrected chi connectivity index (χ1v) is 8.73. The van der Waals surface area contributed by atoms with Gasteiger partial charge in [-0.1, -0.05) is 5.16 Å². The van der Waals surface area contributed by atoms with Gasteiger partial charge in [0.05, 0.1) is 21.3 Å². The van der Waals surface area contributed by atoms with Crippen molar-refractivity contribution in [3.63, 3.8) is 0 Å². The number of carbonyl (C=O) groups is 1. The molecule has 0 unspecified atom stereocenters. The minimum Gasteiger partial charge on any atom is -0.497 e. The minimum absolute atomic E-state index is 0.0262. The normalized spacial score (nSPS) is 10.3. The van der Waals surface area contributed by atoms with Crippen LogP contribution in [0, 0.1) is 0 Å². The second-order valence-corrected chi connectivity index (χ2v) is 5.88. The molecule has 0 saturated carbocycles. The molecule has 8 heteroatoms. The number of benzene rings is 2. The highest BCUT2D eigenvalue weighted by Gasteiger charge is 2.12. The first-order chi connectivity index (χ1) is 14.1. The van der Waals surface area contributed by atoms with E-state index in [0.717, 1.165) is 5.56 Å². The Bertz CT molecular complexity index is 950. The zero-order valence-corrected chi connectivity index (χ0v) is 16.3. The molecule has 0 saturated heterocycles. The van der Waals surface area contributed by atoms with E-state index in [2.05, 4.69) is 5.16 Å². The summed E-state index contributed by atoms with van der Waals surface area (Å²) < 4.78 is 31.4. The third-order valence-electron chi connectivity index (χ3n) is 4.02. The molecule has 0 fully saturated rings. The van der Waals surface area contributed by atoms with Gasteiger partial charge in [0.15, 0.2) is 23.9 Å². The van der Waals surface area contributed by atoms with Crippen LogP contribution in [0.5, 0.6) is 23.0 Å². The predicted molar refractivity (Wildman–Crippen MR) is 103 cm³/mol. The lowest BCUT2D eigenvalue weighted by molar-refractivity contribution is -0.147. The third kappa shape index (κ3) is 5.19. The topological polar surface area (TPSA) is 89.3 Å². The van der Waals surface area contributed by atoms with E-state index in [-0.39, 0.29) is 13.2 Å². The Morgan fingerprint density at radius 2 is 1.62 bits per heavy atom. The van der Waals surface area contributed by atoms with Crippen LogP contribution in [0.15, 0.2) is 53.1 Å². The standard InChI is InChI=1S/C21H21NO7/c1-24-16-5-7-17(8-6-16)27-13-21(23)28-12-15-11-19(29-22-15)14-4-9-18(25-2)20(10-14)26-3/h4-11H,12-13H2,1-3H3. The second kappa shape index (κ2) is 9.50. The maximum Gasteiger partial charge on any atom is 0.344 e. The van der Waals surface area contributed by atoms with Crippen LogP contribution < -0.4 is 18.9 Å². The van der Waals surface area contributed by atoms with Gasteiger partial charge in [-0.3, -0.25) is 0 Å². The predicted octanol–water partition coefficient (Wildman–Crippen LogP) is 3.49. The first kappa shape index (κ1) is 20.1. The smallest absolute Gasteiger partial charge is 0.344 e. The Morgan fingerprint density at radius 3 is 2.31 bits per heavy atom. The number of esters is 1. The summed E-state index contributed by atoms with van der Waals surface area (Å²) in [5.41, 5.74) is 1.24. The van der Waals surface area contributed by atoms with Crippen molar-refractivity contribution in [2.24, 2.45) is 0 Å².